The predicted octanol–water partition coefficient (Wildman–Crippen LogP) is 3.55. The van der Waals surface area contributed by atoms with E-state index in [1.165, 1.54) is 17.2 Å². The SMILES string of the molecule is CN(C(=O)Oc1ccc(NC(=O)c2ccc(N)cc2)cn1)c1ccccc1. The number of anilines is 3. The van der Waals surface area contributed by atoms with Crippen LogP contribution in [0, 0.1) is 0 Å². The van der Waals surface area contributed by atoms with Gasteiger partial charge in [0.15, 0.2) is 0 Å². The highest BCUT2D eigenvalue weighted by molar-refractivity contribution is 6.04. The number of nitrogens with zero attached hydrogens (tertiary/aromatic N) is 2. The van der Waals surface area contributed by atoms with Crippen LogP contribution in [-0.2, 0) is 0 Å². The second-order valence-corrected chi connectivity index (χ2v) is 5.72. The summed E-state index contributed by atoms with van der Waals surface area (Å²) in [6, 6.07) is 18.8. The van der Waals surface area contributed by atoms with Gasteiger partial charge in [-0.3, -0.25) is 9.69 Å². The zero-order valence-corrected chi connectivity index (χ0v) is 14.6. The first-order valence-electron chi connectivity index (χ1n) is 8.16. The zero-order valence-electron chi connectivity index (χ0n) is 14.6. The minimum Gasteiger partial charge on any atom is -0.399 e. The van der Waals surface area contributed by atoms with Crippen LogP contribution in [0.3, 0.4) is 0 Å². The van der Waals surface area contributed by atoms with Gasteiger partial charge in [0, 0.05) is 30.1 Å². The number of hydrogen-bond acceptors (Lipinski definition) is 5. The monoisotopic (exact) mass is 362 g/mol. The Hall–Kier alpha value is -3.87. The lowest BCUT2D eigenvalue weighted by Gasteiger charge is -2.16. The van der Waals surface area contributed by atoms with Crippen molar-refractivity contribution in [3.05, 3.63) is 78.5 Å². The van der Waals surface area contributed by atoms with E-state index in [0.717, 1.165) is 0 Å². The van der Waals surface area contributed by atoms with Crippen LogP contribution in [0.25, 0.3) is 0 Å². The zero-order chi connectivity index (χ0) is 19.2. The van der Waals surface area contributed by atoms with Crippen LogP contribution in [0.2, 0.25) is 0 Å². The number of pyridine rings is 1. The third-order valence-electron chi connectivity index (χ3n) is 3.78. The summed E-state index contributed by atoms with van der Waals surface area (Å²) in [7, 11) is 1.61. The largest absolute Gasteiger partial charge is 0.420 e. The van der Waals surface area contributed by atoms with Crippen LogP contribution in [0.4, 0.5) is 21.9 Å². The summed E-state index contributed by atoms with van der Waals surface area (Å²) >= 11 is 0. The molecule has 7 heteroatoms. The Labute approximate surface area is 156 Å². The molecule has 2 amide bonds. The summed E-state index contributed by atoms with van der Waals surface area (Å²) in [5.41, 5.74) is 7.85. The topological polar surface area (TPSA) is 97.5 Å². The molecule has 0 atom stereocenters. The van der Waals surface area contributed by atoms with E-state index in [2.05, 4.69) is 10.3 Å². The molecule has 3 aromatic rings. The maximum Gasteiger partial charge on any atom is 0.420 e. The molecule has 0 saturated heterocycles. The molecule has 0 radical (unpaired) electrons. The molecule has 0 unspecified atom stereocenters. The molecule has 0 aliphatic carbocycles. The Kier molecular flexibility index (Phi) is 5.32. The van der Waals surface area contributed by atoms with Crippen LogP contribution >= 0.6 is 0 Å². The molecule has 0 aliphatic heterocycles. The number of carbonyl (C=O) groups excluding carboxylic acids is 2. The lowest BCUT2D eigenvalue weighted by molar-refractivity contribution is 0.102. The Morgan fingerprint density at radius 3 is 2.33 bits per heavy atom. The Bertz CT molecular complexity index is 926. The van der Waals surface area contributed by atoms with Gasteiger partial charge in [-0.1, -0.05) is 18.2 Å². The number of aromatic nitrogens is 1. The van der Waals surface area contributed by atoms with E-state index in [0.29, 0.717) is 22.6 Å². The standard InChI is InChI=1S/C20H18N4O3/c1-24(17-5-3-2-4-6-17)20(26)27-18-12-11-16(13-22-18)23-19(25)14-7-9-15(21)10-8-14/h2-13H,21H2,1H3,(H,23,25). The fourth-order valence-electron chi connectivity index (χ4n) is 2.27. The molecular weight excluding hydrogens is 344 g/mol. The van der Waals surface area contributed by atoms with E-state index < -0.39 is 6.09 Å². The fourth-order valence-corrected chi connectivity index (χ4v) is 2.27. The molecule has 3 rings (SSSR count). The van der Waals surface area contributed by atoms with Gasteiger partial charge in [0.1, 0.15) is 0 Å². The van der Waals surface area contributed by atoms with E-state index >= 15 is 0 Å². The van der Waals surface area contributed by atoms with Crippen molar-refractivity contribution >= 4 is 29.1 Å². The number of amides is 2. The van der Waals surface area contributed by atoms with E-state index in [-0.39, 0.29) is 11.8 Å². The van der Waals surface area contributed by atoms with E-state index in [4.69, 9.17) is 10.5 Å². The molecule has 136 valence electrons. The summed E-state index contributed by atoms with van der Waals surface area (Å²) in [5, 5.41) is 2.71. The summed E-state index contributed by atoms with van der Waals surface area (Å²) in [4.78, 5) is 29.8. The maximum absolute atomic E-state index is 12.2. The van der Waals surface area contributed by atoms with Gasteiger partial charge in [-0.2, -0.15) is 0 Å². The van der Waals surface area contributed by atoms with Crippen LogP contribution in [0.1, 0.15) is 10.4 Å². The average Bonchev–Trinajstić information content (AvgIpc) is 2.70. The number of ether oxygens (including phenoxy) is 1. The van der Waals surface area contributed by atoms with Gasteiger partial charge in [0.05, 0.1) is 11.9 Å². The second-order valence-electron chi connectivity index (χ2n) is 5.72. The molecule has 2 aromatic carbocycles. The molecule has 0 bridgehead atoms. The van der Waals surface area contributed by atoms with Crippen LogP contribution in [0.15, 0.2) is 72.9 Å². The quantitative estimate of drug-likeness (QED) is 0.692. The van der Waals surface area contributed by atoms with Crippen molar-refractivity contribution in [3.63, 3.8) is 0 Å². The van der Waals surface area contributed by atoms with Crippen LogP contribution < -0.4 is 20.7 Å². The minimum atomic E-state index is -0.563. The maximum atomic E-state index is 12.2. The van der Waals surface area contributed by atoms with Gasteiger partial charge in [0.2, 0.25) is 5.88 Å². The molecule has 1 aromatic heterocycles. The van der Waals surface area contributed by atoms with Crippen molar-refractivity contribution in [1.82, 2.24) is 4.98 Å². The van der Waals surface area contributed by atoms with Gasteiger partial charge in [0.25, 0.3) is 5.91 Å². The van der Waals surface area contributed by atoms with E-state index in [1.54, 1.807) is 49.5 Å². The molecule has 1 heterocycles. The van der Waals surface area contributed by atoms with Gasteiger partial charge in [-0.05, 0) is 42.5 Å². The number of nitrogens with two attached hydrogens (primary N) is 1. The molecule has 0 spiro atoms. The Morgan fingerprint density at radius 1 is 1.00 bits per heavy atom. The van der Waals surface area contributed by atoms with Crippen molar-refractivity contribution in [3.8, 4) is 5.88 Å². The van der Waals surface area contributed by atoms with E-state index in [9.17, 15) is 9.59 Å². The van der Waals surface area contributed by atoms with Gasteiger partial charge in [-0.15, -0.1) is 0 Å². The predicted molar refractivity (Wildman–Crippen MR) is 104 cm³/mol. The highest BCUT2D eigenvalue weighted by atomic mass is 16.6. The minimum absolute atomic E-state index is 0.133. The molecular formula is C20H18N4O3. The van der Waals surface area contributed by atoms with Gasteiger partial charge in [-0.25, -0.2) is 9.78 Å². The van der Waals surface area contributed by atoms with Crippen LogP contribution in [0.5, 0.6) is 5.88 Å². The lowest BCUT2D eigenvalue weighted by Crippen LogP contribution is -2.29. The van der Waals surface area contributed by atoms with Gasteiger partial charge < -0.3 is 15.8 Å². The third kappa shape index (κ3) is 4.60. The number of nitrogen functional groups attached to an aromatic ring is 1. The molecule has 0 saturated carbocycles. The van der Waals surface area contributed by atoms with E-state index in [1.807, 2.05) is 18.2 Å². The number of carbonyl (C=O) groups is 2. The molecule has 0 aliphatic rings. The molecule has 3 N–H and O–H groups in total. The Balaban J connectivity index is 1.60. The second kappa shape index (κ2) is 8.01. The average molecular weight is 362 g/mol. The smallest absolute Gasteiger partial charge is 0.399 e. The number of para-hydroxylation sites is 1. The summed E-state index contributed by atoms with van der Waals surface area (Å²) in [5.74, 6) is -0.154. The number of nitrogens with one attached hydrogen (secondary N) is 1. The summed E-state index contributed by atoms with van der Waals surface area (Å²) < 4.78 is 5.24. The number of benzene rings is 2. The van der Waals surface area contributed by atoms with Crippen molar-refractivity contribution in [2.75, 3.05) is 23.0 Å². The normalized spacial score (nSPS) is 10.1. The van der Waals surface area contributed by atoms with Crippen molar-refractivity contribution in [1.29, 1.82) is 0 Å². The van der Waals surface area contributed by atoms with Crippen LogP contribution in [-0.4, -0.2) is 24.0 Å². The highest BCUT2D eigenvalue weighted by Crippen LogP contribution is 2.16. The Morgan fingerprint density at radius 2 is 1.70 bits per heavy atom. The molecule has 27 heavy (non-hydrogen) atoms. The first-order valence-corrected chi connectivity index (χ1v) is 8.16. The third-order valence-corrected chi connectivity index (χ3v) is 3.78. The van der Waals surface area contributed by atoms with Crippen molar-refractivity contribution in [2.24, 2.45) is 0 Å². The van der Waals surface area contributed by atoms with Gasteiger partial charge >= 0.3 is 6.09 Å². The first-order chi connectivity index (χ1) is 13.0. The number of hydrogen-bond donors (Lipinski definition) is 2. The molecule has 0 fully saturated rings. The fraction of sp³-hybridized carbons (Fsp3) is 0.0500. The number of rotatable bonds is 4. The summed E-state index contributed by atoms with van der Waals surface area (Å²) in [6.45, 7) is 0. The highest BCUT2D eigenvalue weighted by Gasteiger charge is 2.14. The molecule has 7 nitrogen and oxygen atoms in total. The first kappa shape index (κ1) is 17.9. The van der Waals surface area contributed by atoms with Crippen molar-refractivity contribution in [2.45, 2.75) is 0 Å². The lowest BCUT2D eigenvalue weighted by atomic mass is 10.2. The summed E-state index contributed by atoms with van der Waals surface area (Å²) in [6.07, 6.45) is 0.854. The van der Waals surface area contributed by atoms with Crippen molar-refractivity contribution < 1.29 is 14.3 Å².